The summed E-state index contributed by atoms with van der Waals surface area (Å²) >= 11 is 0. The summed E-state index contributed by atoms with van der Waals surface area (Å²) in [6.07, 6.45) is 2.42. The highest BCUT2D eigenvalue weighted by Gasteiger charge is 2.33. The number of nitrogens with zero attached hydrogens (tertiary/aromatic N) is 1. The molecule has 3 rings (SSSR count). The average molecular weight is 260 g/mol. The fourth-order valence-corrected chi connectivity index (χ4v) is 3.24. The number of hydrogen-bond donors (Lipinski definition) is 1. The largest absolute Gasteiger partial charge is 0.375 e. The number of benzene rings is 1. The van der Waals surface area contributed by atoms with Crippen LogP contribution in [0.3, 0.4) is 0 Å². The Bertz CT molecular complexity index is 438. The van der Waals surface area contributed by atoms with Crippen molar-refractivity contribution in [3.05, 3.63) is 35.4 Å². The van der Waals surface area contributed by atoms with Gasteiger partial charge < -0.3 is 10.1 Å². The monoisotopic (exact) mass is 260 g/mol. The van der Waals surface area contributed by atoms with Gasteiger partial charge in [0.2, 0.25) is 0 Å². The Morgan fingerprint density at radius 2 is 2.00 bits per heavy atom. The van der Waals surface area contributed by atoms with Gasteiger partial charge in [0, 0.05) is 18.6 Å². The molecule has 19 heavy (non-hydrogen) atoms. The molecule has 1 saturated heterocycles. The molecule has 0 aromatic heterocycles. The Hall–Kier alpha value is -0.900. The van der Waals surface area contributed by atoms with Crippen molar-refractivity contribution in [2.75, 3.05) is 26.7 Å². The predicted octanol–water partition coefficient (Wildman–Crippen LogP) is 2.33. The minimum Gasteiger partial charge on any atom is -0.375 e. The first-order valence-electron chi connectivity index (χ1n) is 7.30. The standard InChI is InChI=1S/C16H24N2O/c1-16(17-2)7-9-18(10-8-16)15-12-19-11-13-5-3-4-6-14(13)15/h3-6,15,17H,7-12H2,1-2H3. The number of likely N-dealkylation sites (tertiary alicyclic amines) is 1. The zero-order chi connectivity index (χ0) is 13.3. The van der Waals surface area contributed by atoms with Crippen molar-refractivity contribution in [3.63, 3.8) is 0 Å². The molecule has 1 fully saturated rings. The highest BCUT2D eigenvalue weighted by atomic mass is 16.5. The zero-order valence-corrected chi connectivity index (χ0v) is 12.0. The van der Waals surface area contributed by atoms with Crippen LogP contribution in [0.1, 0.15) is 36.9 Å². The molecular weight excluding hydrogens is 236 g/mol. The molecule has 0 saturated carbocycles. The normalized spacial score (nSPS) is 26.9. The second kappa shape index (κ2) is 5.23. The average Bonchev–Trinajstić information content (AvgIpc) is 2.48. The van der Waals surface area contributed by atoms with Crippen molar-refractivity contribution in [1.29, 1.82) is 0 Å². The summed E-state index contributed by atoms with van der Waals surface area (Å²) in [5, 5.41) is 3.46. The van der Waals surface area contributed by atoms with Gasteiger partial charge in [-0.3, -0.25) is 4.90 Å². The van der Waals surface area contributed by atoms with E-state index in [1.54, 1.807) is 0 Å². The minimum atomic E-state index is 0.311. The lowest BCUT2D eigenvalue weighted by Gasteiger charge is -2.44. The first-order valence-corrected chi connectivity index (χ1v) is 7.30. The molecule has 0 radical (unpaired) electrons. The summed E-state index contributed by atoms with van der Waals surface area (Å²) < 4.78 is 5.78. The number of fused-ring (bicyclic) bond motifs is 1. The van der Waals surface area contributed by atoms with E-state index in [9.17, 15) is 0 Å². The van der Waals surface area contributed by atoms with Gasteiger partial charge in [0.05, 0.1) is 19.3 Å². The van der Waals surface area contributed by atoms with Crippen LogP contribution in [0.25, 0.3) is 0 Å². The summed E-state index contributed by atoms with van der Waals surface area (Å²) in [5.74, 6) is 0. The first-order chi connectivity index (χ1) is 9.22. The SMILES string of the molecule is CNC1(C)CCN(C2COCc3ccccc32)CC1. The van der Waals surface area contributed by atoms with E-state index < -0.39 is 0 Å². The van der Waals surface area contributed by atoms with E-state index >= 15 is 0 Å². The van der Waals surface area contributed by atoms with Crippen molar-refractivity contribution in [3.8, 4) is 0 Å². The molecule has 1 aromatic carbocycles. The van der Waals surface area contributed by atoms with Gasteiger partial charge in [-0.15, -0.1) is 0 Å². The molecule has 1 aromatic rings. The molecule has 2 heterocycles. The summed E-state index contributed by atoms with van der Waals surface area (Å²) in [6.45, 7) is 6.25. The molecule has 1 unspecified atom stereocenters. The smallest absolute Gasteiger partial charge is 0.0721 e. The summed E-state index contributed by atoms with van der Waals surface area (Å²) in [4.78, 5) is 2.59. The van der Waals surface area contributed by atoms with E-state index in [-0.39, 0.29) is 0 Å². The van der Waals surface area contributed by atoms with Gasteiger partial charge in [-0.2, -0.15) is 0 Å². The van der Waals surface area contributed by atoms with Crippen LogP contribution in [0, 0.1) is 0 Å². The maximum atomic E-state index is 5.78. The third-order valence-corrected chi connectivity index (χ3v) is 4.89. The molecule has 3 nitrogen and oxygen atoms in total. The maximum absolute atomic E-state index is 5.78. The number of hydrogen-bond acceptors (Lipinski definition) is 3. The molecule has 1 atom stereocenters. The molecule has 0 bridgehead atoms. The van der Waals surface area contributed by atoms with E-state index in [2.05, 4.69) is 48.5 Å². The van der Waals surface area contributed by atoms with Crippen molar-refractivity contribution in [1.82, 2.24) is 10.2 Å². The van der Waals surface area contributed by atoms with Crippen LogP contribution in [0.2, 0.25) is 0 Å². The van der Waals surface area contributed by atoms with Gasteiger partial charge in [0.1, 0.15) is 0 Å². The Morgan fingerprint density at radius 3 is 2.74 bits per heavy atom. The van der Waals surface area contributed by atoms with Crippen LogP contribution in [-0.4, -0.2) is 37.2 Å². The number of nitrogens with one attached hydrogen (secondary N) is 1. The van der Waals surface area contributed by atoms with Gasteiger partial charge in [-0.05, 0) is 37.9 Å². The van der Waals surface area contributed by atoms with E-state index in [1.807, 2.05) is 0 Å². The fraction of sp³-hybridized carbons (Fsp3) is 0.625. The lowest BCUT2D eigenvalue weighted by molar-refractivity contribution is 0.0135. The second-order valence-corrected chi connectivity index (χ2v) is 6.08. The third-order valence-electron chi connectivity index (χ3n) is 4.89. The summed E-state index contributed by atoms with van der Waals surface area (Å²) in [7, 11) is 2.08. The predicted molar refractivity (Wildman–Crippen MR) is 77.1 cm³/mol. The Kier molecular flexibility index (Phi) is 3.61. The van der Waals surface area contributed by atoms with Gasteiger partial charge in [0.15, 0.2) is 0 Å². The topological polar surface area (TPSA) is 24.5 Å². The van der Waals surface area contributed by atoms with Crippen LogP contribution >= 0.6 is 0 Å². The third kappa shape index (κ3) is 2.55. The quantitative estimate of drug-likeness (QED) is 0.883. The maximum Gasteiger partial charge on any atom is 0.0721 e. The highest BCUT2D eigenvalue weighted by Crippen LogP contribution is 2.33. The van der Waals surface area contributed by atoms with Gasteiger partial charge in [-0.1, -0.05) is 24.3 Å². The number of ether oxygens (including phenoxy) is 1. The molecular formula is C16H24N2O. The summed E-state index contributed by atoms with van der Waals surface area (Å²) in [6, 6.07) is 9.18. The molecule has 2 aliphatic rings. The van der Waals surface area contributed by atoms with Crippen LogP contribution in [0.15, 0.2) is 24.3 Å². The fourth-order valence-electron chi connectivity index (χ4n) is 3.24. The molecule has 0 spiro atoms. The van der Waals surface area contributed by atoms with Crippen molar-refractivity contribution in [2.45, 2.75) is 38.0 Å². The van der Waals surface area contributed by atoms with Crippen molar-refractivity contribution >= 4 is 0 Å². The molecule has 0 amide bonds. The van der Waals surface area contributed by atoms with Crippen LogP contribution in [0.4, 0.5) is 0 Å². The molecule has 104 valence electrons. The molecule has 0 aliphatic carbocycles. The van der Waals surface area contributed by atoms with Crippen molar-refractivity contribution in [2.24, 2.45) is 0 Å². The van der Waals surface area contributed by atoms with E-state index in [4.69, 9.17) is 4.74 Å². The first kappa shape index (κ1) is 13.1. The van der Waals surface area contributed by atoms with Crippen molar-refractivity contribution < 1.29 is 4.74 Å². The zero-order valence-electron chi connectivity index (χ0n) is 12.0. The lowest BCUT2D eigenvalue weighted by Crippen LogP contribution is -2.51. The Labute approximate surface area is 115 Å². The Balaban J connectivity index is 1.75. The second-order valence-electron chi connectivity index (χ2n) is 6.08. The minimum absolute atomic E-state index is 0.311. The van der Waals surface area contributed by atoms with Crippen LogP contribution < -0.4 is 5.32 Å². The van der Waals surface area contributed by atoms with E-state index in [1.165, 1.54) is 24.0 Å². The lowest BCUT2D eigenvalue weighted by atomic mass is 9.87. The highest BCUT2D eigenvalue weighted by molar-refractivity contribution is 5.31. The number of piperidine rings is 1. The van der Waals surface area contributed by atoms with E-state index in [0.29, 0.717) is 11.6 Å². The van der Waals surface area contributed by atoms with E-state index in [0.717, 1.165) is 26.3 Å². The molecule has 2 aliphatic heterocycles. The Morgan fingerprint density at radius 1 is 1.26 bits per heavy atom. The molecule has 1 N–H and O–H groups in total. The van der Waals surface area contributed by atoms with Gasteiger partial charge in [-0.25, -0.2) is 0 Å². The van der Waals surface area contributed by atoms with Crippen LogP contribution in [0.5, 0.6) is 0 Å². The number of rotatable bonds is 2. The van der Waals surface area contributed by atoms with Gasteiger partial charge in [0.25, 0.3) is 0 Å². The molecule has 3 heteroatoms. The van der Waals surface area contributed by atoms with Crippen LogP contribution in [-0.2, 0) is 11.3 Å². The summed E-state index contributed by atoms with van der Waals surface area (Å²) in [5.41, 5.74) is 3.15. The van der Waals surface area contributed by atoms with Gasteiger partial charge >= 0.3 is 0 Å².